The molecule has 0 bridgehead atoms. The van der Waals surface area contributed by atoms with Crippen molar-refractivity contribution in [3.05, 3.63) is 34.3 Å². The predicted molar refractivity (Wildman–Crippen MR) is 81.0 cm³/mol. The minimum Gasteiger partial charge on any atom is -0.444 e. The number of hydrogen-bond donors (Lipinski definition) is 0. The van der Waals surface area contributed by atoms with E-state index in [0.717, 1.165) is 36.1 Å². The lowest BCUT2D eigenvalue weighted by molar-refractivity contribution is 0.221. The predicted octanol–water partition coefficient (Wildman–Crippen LogP) is 2.98. The van der Waals surface area contributed by atoms with Crippen LogP contribution in [-0.4, -0.2) is 26.2 Å². The first kappa shape index (κ1) is 14.3. The zero-order chi connectivity index (χ0) is 15.1. The van der Waals surface area contributed by atoms with Gasteiger partial charge in [0.25, 0.3) is 0 Å². The van der Waals surface area contributed by atoms with Gasteiger partial charge in [0.15, 0.2) is 0 Å². The normalized spacial score (nSPS) is 19.6. The number of hydrogen-bond acceptors (Lipinski definition) is 4. The second-order valence-corrected chi connectivity index (χ2v) is 6.09. The standard InChI is InChI=1S/C16H24N4O/c1-10-13(4)21-15(17-10)9-20-8-6-7-14(20)16-11(2)18-19(5)12(16)3/h14H,6-9H2,1-5H3. The summed E-state index contributed by atoms with van der Waals surface area (Å²) >= 11 is 0. The molecule has 0 radical (unpaired) electrons. The highest BCUT2D eigenvalue weighted by Gasteiger charge is 2.31. The molecule has 3 rings (SSSR count). The van der Waals surface area contributed by atoms with Gasteiger partial charge in [-0.05, 0) is 47.1 Å². The van der Waals surface area contributed by atoms with Crippen molar-refractivity contribution in [2.45, 2.75) is 53.1 Å². The molecule has 114 valence electrons. The Labute approximate surface area is 126 Å². The summed E-state index contributed by atoms with van der Waals surface area (Å²) in [5, 5.41) is 4.57. The third-order valence-electron chi connectivity index (χ3n) is 4.67. The zero-order valence-electron chi connectivity index (χ0n) is 13.6. The highest BCUT2D eigenvalue weighted by Crippen LogP contribution is 2.36. The van der Waals surface area contributed by atoms with E-state index >= 15 is 0 Å². The Balaban J connectivity index is 1.85. The molecule has 1 atom stereocenters. The van der Waals surface area contributed by atoms with Gasteiger partial charge in [-0.1, -0.05) is 0 Å². The summed E-state index contributed by atoms with van der Waals surface area (Å²) < 4.78 is 7.74. The largest absolute Gasteiger partial charge is 0.444 e. The van der Waals surface area contributed by atoms with Crippen LogP contribution in [0.4, 0.5) is 0 Å². The lowest BCUT2D eigenvalue weighted by Crippen LogP contribution is -2.23. The second kappa shape index (κ2) is 5.30. The minimum absolute atomic E-state index is 0.436. The van der Waals surface area contributed by atoms with Crippen LogP contribution in [0.15, 0.2) is 4.42 Å². The van der Waals surface area contributed by atoms with E-state index in [9.17, 15) is 0 Å². The highest BCUT2D eigenvalue weighted by atomic mass is 16.4. The summed E-state index contributed by atoms with van der Waals surface area (Å²) in [4.78, 5) is 7.00. The molecule has 0 aromatic carbocycles. The Morgan fingerprint density at radius 3 is 2.52 bits per heavy atom. The quantitative estimate of drug-likeness (QED) is 0.871. The molecule has 0 spiro atoms. The Bertz CT molecular complexity index is 636. The number of oxazole rings is 1. The fraction of sp³-hybridized carbons (Fsp3) is 0.625. The maximum atomic E-state index is 5.75. The van der Waals surface area contributed by atoms with Gasteiger partial charge in [-0.25, -0.2) is 4.98 Å². The van der Waals surface area contributed by atoms with Crippen LogP contribution in [0.5, 0.6) is 0 Å². The van der Waals surface area contributed by atoms with Crippen LogP contribution >= 0.6 is 0 Å². The molecular weight excluding hydrogens is 264 g/mol. The van der Waals surface area contributed by atoms with E-state index in [1.165, 1.54) is 24.1 Å². The summed E-state index contributed by atoms with van der Waals surface area (Å²) in [6, 6.07) is 0.436. The fourth-order valence-electron chi connectivity index (χ4n) is 3.40. The Kier molecular flexibility index (Phi) is 3.61. The molecule has 2 aromatic heterocycles. The average molecular weight is 288 g/mol. The molecule has 1 saturated heterocycles. The first-order valence-corrected chi connectivity index (χ1v) is 7.64. The van der Waals surface area contributed by atoms with Crippen LogP contribution in [0.1, 0.15) is 53.2 Å². The van der Waals surface area contributed by atoms with E-state index in [0.29, 0.717) is 6.04 Å². The smallest absolute Gasteiger partial charge is 0.208 e. The maximum Gasteiger partial charge on any atom is 0.208 e. The van der Waals surface area contributed by atoms with E-state index in [1.54, 1.807) is 0 Å². The first-order valence-electron chi connectivity index (χ1n) is 7.64. The van der Waals surface area contributed by atoms with Gasteiger partial charge >= 0.3 is 0 Å². The van der Waals surface area contributed by atoms with Crippen molar-refractivity contribution in [1.82, 2.24) is 19.7 Å². The van der Waals surface area contributed by atoms with Crippen molar-refractivity contribution in [2.75, 3.05) is 6.54 Å². The van der Waals surface area contributed by atoms with Crippen molar-refractivity contribution in [1.29, 1.82) is 0 Å². The van der Waals surface area contributed by atoms with Crippen LogP contribution in [0.3, 0.4) is 0 Å². The van der Waals surface area contributed by atoms with Crippen LogP contribution in [-0.2, 0) is 13.6 Å². The topological polar surface area (TPSA) is 47.1 Å². The molecular formula is C16H24N4O. The minimum atomic E-state index is 0.436. The number of likely N-dealkylation sites (tertiary alicyclic amines) is 1. The van der Waals surface area contributed by atoms with E-state index < -0.39 is 0 Å². The van der Waals surface area contributed by atoms with Gasteiger partial charge in [-0.15, -0.1) is 0 Å². The second-order valence-electron chi connectivity index (χ2n) is 6.09. The first-order chi connectivity index (χ1) is 9.97. The lowest BCUT2D eigenvalue weighted by Gasteiger charge is -2.23. The van der Waals surface area contributed by atoms with Gasteiger partial charge in [-0.2, -0.15) is 5.10 Å². The molecule has 0 saturated carbocycles. The average Bonchev–Trinajstić information content (AvgIpc) is 3.04. The van der Waals surface area contributed by atoms with Crippen LogP contribution in [0.2, 0.25) is 0 Å². The van der Waals surface area contributed by atoms with Gasteiger partial charge < -0.3 is 4.42 Å². The number of aryl methyl sites for hydroxylation is 4. The van der Waals surface area contributed by atoms with E-state index in [2.05, 4.69) is 28.8 Å². The summed E-state index contributed by atoms with van der Waals surface area (Å²) in [5.74, 6) is 1.76. The summed E-state index contributed by atoms with van der Waals surface area (Å²) in [6.07, 6.45) is 2.41. The number of nitrogens with zero attached hydrogens (tertiary/aromatic N) is 4. The molecule has 0 N–H and O–H groups in total. The van der Waals surface area contributed by atoms with Gasteiger partial charge in [0.2, 0.25) is 5.89 Å². The summed E-state index contributed by atoms with van der Waals surface area (Å²) in [6.45, 7) is 10.1. The zero-order valence-corrected chi connectivity index (χ0v) is 13.6. The molecule has 1 aliphatic heterocycles. The molecule has 1 aliphatic rings. The molecule has 1 unspecified atom stereocenters. The van der Waals surface area contributed by atoms with Crippen molar-refractivity contribution < 1.29 is 4.42 Å². The van der Waals surface area contributed by atoms with Crippen molar-refractivity contribution >= 4 is 0 Å². The van der Waals surface area contributed by atoms with Gasteiger partial charge in [-0.3, -0.25) is 9.58 Å². The lowest BCUT2D eigenvalue weighted by atomic mass is 10.0. The van der Waals surface area contributed by atoms with E-state index in [-0.39, 0.29) is 0 Å². The Hall–Kier alpha value is -1.62. The monoisotopic (exact) mass is 288 g/mol. The number of rotatable bonds is 3. The molecule has 21 heavy (non-hydrogen) atoms. The molecule has 0 amide bonds. The Morgan fingerprint density at radius 1 is 1.19 bits per heavy atom. The summed E-state index contributed by atoms with van der Waals surface area (Å²) in [7, 11) is 2.02. The number of aromatic nitrogens is 3. The van der Waals surface area contributed by atoms with Crippen LogP contribution in [0.25, 0.3) is 0 Å². The third kappa shape index (κ3) is 2.50. The fourth-order valence-corrected chi connectivity index (χ4v) is 3.40. The van der Waals surface area contributed by atoms with E-state index in [1.807, 2.05) is 25.6 Å². The molecule has 0 aliphatic carbocycles. The third-order valence-corrected chi connectivity index (χ3v) is 4.67. The van der Waals surface area contributed by atoms with E-state index in [4.69, 9.17) is 4.42 Å². The van der Waals surface area contributed by atoms with Crippen LogP contribution in [0, 0.1) is 27.7 Å². The van der Waals surface area contributed by atoms with Crippen molar-refractivity contribution in [2.24, 2.45) is 7.05 Å². The molecule has 5 heteroatoms. The maximum absolute atomic E-state index is 5.75. The Morgan fingerprint density at radius 2 is 1.95 bits per heavy atom. The van der Waals surface area contributed by atoms with Gasteiger partial charge in [0.05, 0.1) is 17.9 Å². The van der Waals surface area contributed by atoms with Crippen molar-refractivity contribution in [3.63, 3.8) is 0 Å². The molecule has 5 nitrogen and oxygen atoms in total. The summed E-state index contributed by atoms with van der Waals surface area (Å²) in [5.41, 5.74) is 4.79. The molecule has 3 heterocycles. The molecule has 2 aromatic rings. The van der Waals surface area contributed by atoms with Crippen LogP contribution < -0.4 is 0 Å². The highest BCUT2D eigenvalue weighted by molar-refractivity contribution is 5.29. The SMILES string of the molecule is Cc1nc(CN2CCCC2c2c(C)nn(C)c2C)oc1C. The van der Waals surface area contributed by atoms with Gasteiger partial charge in [0.1, 0.15) is 5.76 Å². The van der Waals surface area contributed by atoms with Gasteiger partial charge in [0, 0.05) is 24.3 Å². The molecule has 1 fully saturated rings. The van der Waals surface area contributed by atoms with Crippen molar-refractivity contribution in [3.8, 4) is 0 Å².